The number of ether oxygens (including phenoxy) is 1. The molecule has 3 aromatic rings. The number of benzene rings is 1. The number of carbonyl (C=O) groups is 1. The second-order valence-electron chi connectivity index (χ2n) is 7.10. The van der Waals surface area contributed by atoms with Crippen LogP contribution in [0.1, 0.15) is 28.9 Å². The zero-order valence-electron chi connectivity index (χ0n) is 16.1. The van der Waals surface area contributed by atoms with Gasteiger partial charge in [-0.3, -0.25) is 19.7 Å². The third kappa shape index (κ3) is 4.75. The maximum Gasteiger partial charge on any atom is 0.269 e. The molecule has 0 spiro atoms. The van der Waals surface area contributed by atoms with E-state index in [1.54, 1.807) is 18.6 Å². The lowest BCUT2D eigenvalue weighted by Crippen LogP contribution is -2.37. The van der Waals surface area contributed by atoms with E-state index >= 15 is 0 Å². The molecule has 3 heterocycles. The average Bonchev–Trinajstić information content (AvgIpc) is 2.76. The highest BCUT2D eigenvalue weighted by atomic mass is 16.5. The Balaban J connectivity index is 1.39. The van der Waals surface area contributed by atoms with Gasteiger partial charge in [0.1, 0.15) is 17.5 Å². The molecular weight excluding hydrogens is 366 g/mol. The van der Waals surface area contributed by atoms with Crippen molar-refractivity contribution < 1.29 is 9.53 Å². The Hall–Kier alpha value is -3.32. The molecule has 0 saturated carbocycles. The molecule has 1 aliphatic heterocycles. The highest BCUT2D eigenvalue weighted by Crippen LogP contribution is 2.23. The molecule has 2 aromatic heterocycles. The first-order valence-corrected chi connectivity index (χ1v) is 9.68. The van der Waals surface area contributed by atoms with Crippen molar-refractivity contribution in [2.24, 2.45) is 5.73 Å². The lowest BCUT2D eigenvalue weighted by atomic mass is 10.0. The molecule has 4 rings (SSSR count). The largest absolute Gasteiger partial charge is 0.489 e. The number of pyridine rings is 1. The van der Waals surface area contributed by atoms with Crippen LogP contribution in [0.3, 0.4) is 0 Å². The highest BCUT2D eigenvalue weighted by Gasteiger charge is 2.21. The van der Waals surface area contributed by atoms with E-state index in [1.807, 2.05) is 24.3 Å². The molecule has 7 heteroatoms. The van der Waals surface area contributed by atoms with E-state index in [0.29, 0.717) is 5.69 Å². The summed E-state index contributed by atoms with van der Waals surface area (Å²) in [7, 11) is 0. The van der Waals surface area contributed by atoms with Gasteiger partial charge in [0.15, 0.2) is 5.69 Å². The Morgan fingerprint density at radius 1 is 1.10 bits per heavy atom. The fraction of sp³-hybridized carbons (Fsp3) is 0.273. The molecule has 1 aliphatic rings. The molecule has 29 heavy (non-hydrogen) atoms. The summed E-state index contributed by atoms with van der Waals surface area (Å²) < 4.78 is 6.02. The van der Waals surface area contributed by atoms with Crippen molar-refractivity contribution in [1.82, 2.24) is 19.9 Å². The first-order chi connectivity index (χ1) is 14.2. The van der Waals surface area contributed by atoms with Crippen molar-refractivity contribution in [3.8, 4) is 17.0 Å². The second kappa shape index (κ2) is 8.79. The number of piperidine rings is 1. The SMILES string of the molecule is NC(=O)c1nccnc1-c1cccc(CN2CCC(Oc3cccnc3)CC2)c1. The van der Waals surface area contributed by atoms with Gasteiger partial charge in [-0.25, -0.2) is 4.98 Å². The van der Waals surface area contributed by atoms with Crippen molar-refractivity contribution in [2.45, 2.75) is 25.5 Å². The van der Waals surface area contributed by atoms with Crippen molar-refractivity contribution in [3.63, 3.8) is 0 Å². The van der Waals surface area contributed by atoms with E-state index in [0.717, 1.165) is 49.4 Å². The first-order valence-electron chi connectivity index (χ1n) is 9.68. The molecule has 2 N–H and O–H groups in total. The number of primary amides is 1. The van der Waals surface area contributed by atoms with Gasteiger partial charge in [0.05, 0.1) is 6.20 Å². The summed E-state index contributed by atoms with van der Waals surface area (Å²) in [5.41, 5.74) is 8.16. The van der Waals surface area contributed by atoms with Gasteiger partial charge in [0.2, 0.25) is 0 Å². The van der Waals surface area contributed by atoms with Gasteiger partial charge in [-0.2, -0.15) is 0 Å². The van der Waals surface area contributed by atoms with Crippen molar-refractivity contribution in [1.29, 1.82) is 0 Å². The second-order valence-corrected chi connectivity index (χ2v) is 7.10. The number of nitrogens with zero attached hydrogens (tertiary/aromatic N) is 4. The number of carbonyl (C=O) groups excluding carboxylic acids is 1. The highest BCUT2D eigenvalue weighted by molar-refractivity contribution is 5.96. The molecule has 1 saturated heterocycles. The van der Waals surface area contributed by atoms with Crippen molar-refractivity contribution in [3.05, 3.63) is 72.4 Å². The molecule has 1 fully saturated rings. The van der Waals surface area contributed by atoms with E-state index in [9.17, 15) is 4.79 Å². The molecule has 1 amide bonds. The van der Waals surface area contributed by atoms with Crippen LogP contribution in [-0.2, 0) is 6.54 Å². The Morgan fingerprint density at radius 3 is 2.69 bits per heavy atom. The Bertz CT molecular complexity index is 972. The quantitative estimate of drug-likeness (QED) is 0.697. The van der Waals surface area contributed by atoms with E-state index < -0.39 is 5.91 Å². The van der Waals surface area contributed by atoms with Crippen LogP contribution in [0.25, 0.3) is 11.3 Å². The standard InChI is InChI=1S/C22H23N5O2/c23-22(28)21-20(25-9-10-26-21)17-4-1-3-16(13-17)15-27-11-6-18(7-12-27)29-19-5-2-8-24-14-19/h1-5,8-10,13-14,18H,6-7,11-12,15H2,(H2,23,28). The van der Waals surface area contributed by atoms with Gasteiger partial charge in [-0.05, 0) is 36.6 Å². The summed E-state index contributed by atoms with van der Waals surface area (Å²) in [6.07, 6.45) is 8.73. The van der Waals surface area contributed by atoms with Crippen LogP contribution in [0.5, 0.6) is 5.75 Å². The summed E-state index contributed by atoms with van der Waals surface area (Å²) in [6.45, 7) is 2.76. The molecule has 1 aromatic carbocycles. The summed E-state index contributed by atoms with van der Waals surface area (Å²) in [4.78, 5) is 26.5. The predicted octanol–water partition coefficient (Wildman–Crippen LogP) is 2.68. The molecular formula is C22H23N5O2. The Morgan fingerprint density at radius 2 is 1.93 bits per heavy atom. The van der Waals surface area contributed by atoms with Crippen LogP contribution >= 0.6 is 0 Å². The van der Waals surface area contributed by atoms with Crippen LogP contribution in [0.4, 0.5) is 0 Å². The van der Waals surface area contributed by atoms with E-state index in [4.69, 9.17) is 10.5 Å². The minimum absolute atomic E-state index is 0.193. The van der Waals surface area contributed by atoms with Gasteiger partial charge in [-0.15, -0.1) is 0 Å². The summed E-state index contributed by atoms with van der Waals surface area (Å²) >= 11 is 0. The monoisotopic (exact) mass is 389 g/mol. The van der Waals surface area contributed by atoms with Crippen LogP contribution in [0.2, 0.25) is 0 Å². The lowest BCUT2D eigenvalue weighted by molar-refractivity contribution is 0.0965. The van der Waals surface area contributed by atoms with Gasteiger partial charge in [0, 0.05) is 43.8 Å². The minimum atomic E-state index is -0.575. The summed E-state index contributed by atoms with van der Waals surface area (Å²) in [5, 5.41) is 0. The summed E-state index contributed by atoms with van der Waals surface area (Å²) in [5.74, 6) is 0.252. The van der Waals surface area contributed by atoms with E-state index in [1.165, 1.54) is 6.20 Å². The van der Waals surface area contributed by atoms with Gasteiger partial charge in [-0.1, -0.05) is 18.2 Å². The van der Waals surface area contributed by atoms with Gasteiger partial charge in [0.25, 0.3) is 5.91 Å². The smallest absolute Gasteiger partial charge is 0.269 e. The summed E-state index contributed by atoms with van der Waals surface area (Å²) in [6, 6.07) is 11.9. The number of nitrogens with two attached hydrogens (primary N) is 1. The third-order valence-electron chi connectivity index (χ3n) is 5.01. The third-order valence-corrected chi connectivity index (χ3v) is 5.01. The topological polar surface area (TPSA) is 94.2 Å². The number of rotatable bonds is 6. The zero-order valence-corrected chi connectivity index (χ0v) is 16.1. The number of aromatic nitrogens is 3. The first kappa shape index (κ1) is 19.0. The number of amides is 1. The Labute approximate surface area is 169 Å². The van der Waals surface area contributed by atoms with Crippen LogP contribution in [0.15, 0.2) is 61.2 Å². The maximum atomic E-state index is 11.7. The average molecular weight is 389 g/mol. The minimum Gasteiger partial charge on any atom is -0.489 e. The van der Waals surface area contributed by atoms with Crippen LogP contribution in [-0.4, -0.2) is 45.0 Å². The molecule has 0 bridgehead atoms. The lowest BCUT2D eigenvalue weighted by Gasteiger charge is -2.32. The molecule has 0 radical (unpaired) electrons. The molecule has 7 nitrogen and oxygen atoms in total. The molecule has 0 aliphatic carbocycles. The van der Waals surface area contributed by atoms with Gasteiger partial charge >= 0.3 is 0 Å². The number of likely N-dealkylation sites (tertiary alicyclic amines) is 1. The normalized spacial score (nSPS) is 15.2. The molecule has 148 valence electrons. The van der Waals surface area contributed by atoms with Crippen LogP contribution < -0.4 is 10.5 Å². The molecule has 0 unspecified atom stereocenters. The fourth-order valence-corrected chi connectivity index (χ4v) is 3.60. The van der Waals surface area contributed by atoms with Gasteiger partial charge < -0.3 is 10.5 Å². The van der Waals surface area contributed by atoms with E-state index in [2.05, 4.69) is 32.0 Å². The maximum absolute atomic E-state index is 11.7. The predicted molar refractivity (Wildman–Crippen MR) is 109 cm³/mol. The molecule has 0 atom stereocenters. The number of hydrogen-bond acceptors (Lipinski definition) is 6. The number of hydrogen-bond donors (Lipinski definition) is 1. The zero-order chi connectivity index (χ0) is 20.1. The van der Waals surface area contributed by atoms with E-state index in [-0.39, 0.29) is 11.8 Å². The van der Waals surface area contributed by atoms with Crippen molar-refractivity contribution in [2.75, 3.05) is 13.1 Å². The Kier molecular flexibility index (Phi) is 5.76. The van der Waals surface area contributed by atoms with Crippen LogP contribution in [0, 0.1) is 0 Å². The fourth-order valence-electron chi connectivity index (χ4n) is 3.60. The van der Waals surface area contributed by atoms with Crippen molar-refractivity contribution >= 4 is 5.91 Å².